The van der Waals surface area contributed by atoms with Crippen LogP contribution in [0.25, 0.3) is 0 Å². The van der Waals surface area contributed by atoms with Crippen molar-refractivity contribution in [1.29, 1.82) is 0 Å². The van der Waals surface area contributed by atoms with Gasteiger partial charge in [0.1, 0.15) is 0 Å². The molecule has 4 heteroatoms. The summed E-state index contributed by atoms with van der Waals surface area (Å²) < 4.78 is 5.23. The maximum absolute atomic E-state index is 11.9. The van der Waals surface area contributed by atoms with Crippen LogP contribution in [0.15, 0.2) is 24.3 Å². The van der Waals surface area contributed by atoms with E-state index in [1.165, 1.54) is 0 Å². The molecule has 16 heavy (non-hydrogen) atoms. The largest absolute Gasteiger partial charge is 0.379 e. The lowest BCUT2D eigenvalue weighted by Crippen LogP contribution is -2.39. The highest BCUT2D eigenvalue weighted by Crippen LogP contribution is 2.12. The summed E-state index contributed by atoms with van der Waals surface area (Å²) in [6, 6.07) is 7.08. The molecular formula is C12H14ClNO2. The van der Waals surface area contributed by atoms with Gasteiger partial charge in [0.05, 0.1) is 19.8 Å². The van der Waals surface area contributed by atoms with Crippen LogP contribution < -0.4 is 0 Å². The molecule has 0 aliphatic carbocycles. The number of hydrogen-bond donors (Lipinski definition) is 0. The van der Waals surface area contributed by atoms with Gasteiger partial charge in [0.2, 0.25) is 0 Å². The summed E-state index contributed by atoms with van der Waals surface area (Å²) in [6.45, 7) is 3.52. The summed E-state index contributed by atoms with van der Waals surface area (Å²) in [4.78, 5) is 14.0. The van der Waals surface area contributed by atoms with Gasteiger partial charge in [-0.2, -0.15) is 0 Å². The smallest absolute Gasteiger partial charge is 0.176 e. The Bertz CT molecular complexity index is 375. The van der Waals surface area contributed by atoms with E-state index in [9.17, 15) is 4.79 Å². The molecule has 0 amide bonds. The van der Waals surface area contributed by atoms with Crippen molar-refractivity contribution in [2.45, 2.75) is 0 Å². The number of carbonyl (C=O) groups excluding carboxylic acids is 1. The maximum atomic E-state index is 11.9. The summed E-state index contributed by atoms with van der Waals surface area (Å²) in [5, 5.41) is 0.604. The van der Waals surface area contributed by atoms with Crippen LogP contribution in [0.4, 0.5) is 0 Å². The Morgan fingerprint density at radius 3 is 2.81 bits per heavy atom. The van der Waals surface area contributed by atoms with Gasteiger partial charge >= 0.3 is 0 Å². The molecule has 2 rings (SSSR count). The van der Waals surface area contributed by atoms with Gasteiger partial charge in [0, 0.05) is 23.7 Å². The normalized spacial score (nSPS) is 17.3. The third-order valence-corrected chi connectivity index (χ3v) is 2.85. The Morgan fingerprint density at radius 1 is 1.38 bits per heavy atom. The maximum Gasteiger partial charge on any atom is 0.176 e. The van der Waals surface area contributed by atoms with Gasteiger partial charge in [-0.1, -0.05) is 23.7 Å². The van der Waals surface area contributed by atoms with E-state index < -0.39 is 0 Å². The number of benzene rings is 1. The molecule has 3 nitrogen and oxygen atoms in total. The van der Waals surface area contributed by atoms with Crippen LogP contribution in [-0.4, -0.2) is 43.5 Å². The van der Waals surface area contributed by atoms with E-state index >= 15 is 0 Å². The van der Waals surface area contributed by atoms with E-state index in [1.54, 1.807) is 24.3 Å². The van der Waals surface area contributed by atoms with Crippen molar-refractivity contribution in [2.24, 2.45) is 0 Å². The van der Waals surface area contributed by atoms with Crippen LogP contribution in [-0.2, 0) is 4.74 Å². The molecule has 1 aromatic carbocycles. The minimum absolute atomic E-state index is 0.115. The fourth-order valence-electron chi connectivity index (χ4n) is 1.72. The highest BCUT2D eigenvalue weighted by Gasteiger charge is 2.15. The van der Waals surface area contributed by atoms with E-state index in [1.807, 2.05) is 0 Å². The van der Waals surface area contributed by atoms with Crippen LogP contribution in [0, 0.1) is 0 Å². The second-order valence-electron chi connectivity index (χ2n) is 3.82. The van der Waals surface area contributed by atoms with Gasteiger partial charge in [0.15, 0.2) is 5.78 Å². The van der Waals surface area contributed by atoms with Crippen molar-refractivity contribution in [3.63, 3.8) is 0 Å². The quantitative estimate of drug-likeness (QED) is 0.754. The van der Waals surface area contributed by atoms with Gasteiger partial charge in [0.25, 0.3) is 0 Å². The third kappa shape index (κ3) is 3.04. The van der Waals surface area contributed by atoms with E-state index in [0.29, 0.717) is 30.3 Å². The zero-order valence-corrected chi connectivity index (χ0v) is 9.74. The Morgan fingerprint density at radius 2 is 2.12 bits per heavy atom. The molecule has 1 fully saturated rings. The monoisotopic (exact) mass is 239 g/mol. The van der Waals surface area contributed by atoms with Crippen molar-refractivity contribution in [3.8, 4) is 0 Å². The Balaban J connectivity index is 1.97. The number of Topliss-reactive ketones (excluding diaryl/α,β-unsaturated/α-hetero) is 1. The molecule has 1 aliphatic rings. The first-order valence-electron chi connectivity index (χ1n) is 5.34. The van der Waals surface area contributed by atoms with E-state index in [-0.39, 0.29) is 5.78 Å². The zero-order valence-electron chi connectivity index (χ0n) is 8.99. The van der Waals surface area contributed by atoms with Crippen LogP contribution in [0.5, 0.6) is 0 Å². The van der Waals surface area contributed by atoms with Gasteiger partial charge in [-0.15, -0.1) is 0 Å². The topological polar surface area (TPSA) is 29.5 Å². The predicted octanol–water partition coefficient (Wildman–Crippen LogP) is 1.85. The molecule has 0 saturated carbocycles. The van der Waals surface area contributed by atoms with Crippen molar-refractivity contribution in [2.75, 3.05) is 32.8 Å². The molecule has 1 saturated heterocycles. The van der Waals surface area contributed by atoms with Crippen LogP contribution in [0.2, 0.25) is 5.02 Å². The summed E-state index contributed by atoms with van der Waals surface area (Å²) in [5.74, 6) is 0.115. The van der Waals surface area contributed by atoms with Gasteiger partial charge < -0.3 is 4.74 Å². The molecule has 0 N–H and O–H groups in total. The second-order valence-corrected chi connectivity index (χ2v) is 4.26. The van der Waals surface area contributed by atoms with Crippen molar-refractivity contribution >= 4 is 17.4 Å². The molecule has 1 heterocycles. The second kappa shape index (κ2) is 5.43. The lowest BCUT2D eigenvalue weighted by atomic mass is 10.1. The summed E-state index contributed by atoms with van der Waals surface area (Å²) >= 11 is 5.85. The van der Waals surface area contributed by atoms with Crippen molar-refractivity contribution in [1.82, 2.24) is 4.90 Å². The first-order chi connectivity index (χ1) is 7.75. The number of rotatable bonds is 3. The number of morpholine rings is 1. The Hall–Kier alpha value is -0.900. The van der Waals surface area contributed by atoms with Crippen LogP contribution in [0.1, 0.15) is 10.4 Å². The molecule has 0 aromatic heterocycles. The first kappa shape index (κ1) is 11.6. The van der Waals surface area contributed by atoms with Gasteiger partial charge in [-0.05, 0) is 12.1 Å². The van der Waals surface area contributed by atoms with E-state index in [2.05, 4.69) is 4.90 Å². The van der Waals surface area contributed by atoms with E-state index in [4.69, 9.17) is 16.3 Å². The SMILES string of the molecule is O=C(CN1CCOCC1)c1cccc(Cl)c1. The van der Waals surface area contributed by atoms with Gasteiger partial charge in [-0.3, -0.25) is 9.69 Å². The lowest BCUT2D eigenvalue weighted by Gasteiger charge is -2.25. The summed E-state index contributed by atoms with van der Waals surface area (Å²) in [7, 11) is 0. The number of ether oxygens (including phenoxy) is 1. The van der Waals surface area contributed by atoms with Crippen LogP contribution >= 0.6 is 11.6 Å². The minimum Gasteiger partial charge on any atom is -0.379 e. The summed E-state index contributed by atoms with van der Waals surface area (Å²) in [6.07, 6.45) is 0. The first-order valence-corrected chi connectivity index (χ1v) is 5.72. The third-order valence-electron chi connectivity index (χ3n) is 2.62. The predicted molar refractivity (Wildman–Crippen MR) is 63.0 cm³/mol. The molecule has 0 spiro atoms. The number of nitrogens with zero attached hydrogens (tertiary/aromatic N) is 1. The Kier molecular flexibility index (Phi) is 3.93. The molecule has 1 aliphatic heterocycles. The molecule has 0 bridgehead atoms. The van der Waals surface area contributed by atoms with Crippen LogP contribution in [0.3, 0.4) is 0 Å². The van der Waals surface area contributed by atoms with E-state index in [0.717, 1.165) is 13.1 Å². The molecule has 1 aromatic rings. The van der Waals surface area contributed by atoms with Crippen molar-refractivity contribution in [3.05, 3.63) is 34.9 Å². The fraction of sp³-hybridized carbons (Fsp3) is 0.417. The average molecular weight is 240 g/mol. The molecule has 0 radical (unpaired) electrons. The fourth-order valence-corrected chi connectivity index (χ4v) is 1.91. The molecule has 0 unspecified atom stereocenters. The average Bonchev–Trinajstić information content (AvgIpc) is 2.30. The Labute approximate surface area is 100.0 Å². The standard InChI is InChI=1S/C12H14ClNO2/c13-11-3-1-2-10(8-11)12(15)9-14-4-6-16-7-5-14/h1-3,8H,4-7,9H2. The molecule has 86 valence electrons. The highest BCUT2D eigenvalue weighted by molar-refractivity contribution is 6.31. The highest BCUT2D eigenvalue weighted by atomic mass is 35.5. The van der Waals surface area contributed by atoms with Gasteiger partial charge in [-0.25, -0.2) is 0 Å². The summed E-state index contributed by atoms with van der Waals surface area (Å²) in [5.41, 5.74) is 0.680. The lowest BCUT2D eigenvalue weighted by molar-refractivity contribution is 0.0371. The minimum atomic E-state index is 0.115. The number of ketones is 1. The number of hydrogen-bond acceptors (Lipinski definition) is 3. The van der Waals surface area contributed by atoms with Crippen molar-refractivity contribution < 1.29 is 9.53 Å². The molecular weight excluding hydrogens is 226 g/mol. The number of carbonyl (C=O) groups is 1. The zero-order chi connectivity index (χ0) is 11.4. The molecule has 0 atom stereocenters. The number of halogens is 1.